The Bertz CT molecular complexity index is 521. The van der Waals surface area contributed by atoms with Gasteiger partial charge in [-0.1, -0.05) is 11.6 Å². The molecule has 2 rings (SSSR count). The Morgan fingerprint density at radius 1 is 1.39 bits per heavy atom. The first-order chi connectivity index (χ1) is 8.70. The molecule has 0 amide bonds. The van der Waals surface area contributed by atoms with Gasteiger partial charge in [0.25, 0.3) is 0 Å². The van der Waals surface area contributed by atoms with Crippen LogP contribution in [-0.4, -0.2) is 33.8 Å². The molecule has 6 heteroatoms. The summed E-state index contributed by atoms with van der Waals surface area (Å²) < 4.78 is 0. The summed E-state index contributed by atoms with van der Waals surface area (Å²) >= 11 is 5.84. The quantitative estimate of drug-likeness (QED) is 0.794. The molecule has 0 saturated carbocycles. The van der Waals surface area contributed by atoms with Crippen molar-refractivity contribution in [1.82, 2.24) is 20.2 Å². The average Bonchev–Trinajstić information content (AvgIpc) is 2.40. The van der Waals surface area contributed by atoms with Crippen LogP contribution in [0.25, 0.3) is 11.3 Å². The molecule has 2 aromatic rings. The minimum atomic E-state index is 0.294. The minimum absolute atomic E-state index is 0.294. The molecular formula is C12H13ClN4O. The standard InChI is InChI=1S/C12H13ClN4O/c1-3-17(2)18-10-7-11(13)15-16-12(10)9-5-4-6-14-8-9/h4-8H,3H2,1-2H3. The van der Waals surface area contributed by atoms with Crippen LogP contribution in [-0.2, 0) is 0 Å². The maximum Gasteiger partial charge on any atom is 0.178 e. The summed E-state index contributed by atoms with van der Waals surface area (Å²) in [6.07, 6.45) is 3.41. The average molecular weight is 265 g/mol. The van der Waals surface area contributed by atoms with Gasteiger partial charge in [-0.05, 0) is 19.1 Å². The van der Waals surface area contributed by atoms with Crippen LogP contribution >= 0.6 is 11.6 Å². The SMILES string of the molecule is CCN(C)Oc1cc(Cl)nnc1-c1cccnc1. The van der Waals surface area contributed by atoms with Crippen molar-refractivity contribution in [2.45, 2.75) is 6.92 Å². The molecule has 0 aliphatic carbocycles. The van der Waals surface area contributed by atoms with Gasteiger partial charge in [0, 0.05) is 37.6 Å². The number of hydrogen-bond donors (Lipinski definition) is 0. The van der Waals surface area contributed by atoms with Crippen molar-refractivity contribution in [2.24, 2.45) is 0 Å². The molecule has 0 saturated heterocycles. The third-order valence-corrected chi connectivity index (χ3v) is 2.55. The molecule has 2 aromatic heterocycles. The summed E-state index contributed by atoms with van der Waals surface area (Å²) in [6, 6.07) is 5.37. The van der Waals surface area contributed by atoms with Crippen LogP contribution in [0.5, 0.6) is 5.75 Å². The maximum atomic E-state index is 5.84. The fourth-order valence-electron chi connectivity index (χ4n) is 1.36. The maximum absolute atomic E-state index is 5.84. The summed E-state index contributed by atoms with van der Waals surface area (Å²) in [5.74, 6) is 0.562. The van der Waals surface area contributed by atoms with Gasteiger partial charge in [-0.3, -0.25) is 4.98 Å². The Labute approximate surface area is 110 Å². The van der Waals surface area contributed by atoms with E-state index in [0.29, 0.717) is 16.6 Å². The van der Waals surface area contributed by atoms with Gasteiger partial charge in [-0.25, -0.2) is 0 Å². The van der Waals surface area contributed by atoms with Gasteiger partial charge in [0.05, 0.1) is 0 Å². The Kier molecular flexibility index (Phi) is 4.07. The number of hydrogen-bond acceptors (Lipinski definition) is 5. The summed E-state index contributed by atoms with van der Waals surface area (Å²) in [4.78, 5) is 9.70. The zero-order valence-electron chi connectivity index (χ0n) is 10.2. The number of rotatable bonds is 4. The molecule has 5 nitrogen and oxygen atoms in total. The largest absolute Gasteiger partial charge is 0.404 e. The van der Waals surface area contributed by atoms with Gasteiger partial charge in [0.2, 0.25) is 0 Å². The first kappa shape index (κ1) is 12.7. The number of pyridine rings is 1. The second-order valence-corrected chi connectivity index (χ2v) is 4.04. The van der Waals surface area contributed by atoms with Gasteiger partial charge in [0.1, 0.15) is 5.69 Å². The van der Waals surface area contributed by atoms with Crippen LogP contribution in [0.1, 0.15) is 6.92 Å². The summed E-state index contributed by atoms with van der Waals surface area (Å²) in [6.45, 7) is 2.73. The van der Waals surface area contributed by atoms with Crippen LogP contribution in [0.4, 0.5) is 0 Å². The normalized spacial score (nSPS) is 10.7. The molecule has 0 atom stereocenters. The fraction of sp³-hybridized carbons (Fsp3) is 0.250. The third-order valence-electron chi connectivity index (χ3n) is 2.36. The van der Waals surface area contributed by atoms with Crippen LogP contribution in [0.3, 0.4) is 0 Å². The van der Waals surface area contributed by atoms with Gasteiger partial charge in [-0.15, -0.1) is 15.3 Å². The summed E-state index contributed by atoms with van der Waals surface area (Å²) in [5, 5.41) is 9.88. The molecule has 0 aromatic carbocycles. The topological polar surface area (TPSA) is 51.1 Å². The Hall–Kier alpha value is -1.72. The van der Waals surface area contributed by atoms with E-state index < -0.39 is 0 Å². The molecule has 0 unspecified atom stereocenters. The number of halogens is 1. The molecule has 0 N–H and O–H groups in total. The lowest BCUT2D eigenvalue weighted by Gasteiger charge is -2.17. The minimum Gasteiger partial charge on any atom is -0.404 e. The molecule has 0 aliphatic rings. The van der Waals surface area contributed by atoms with Crippen molar-refractivity contribution < 1.29 is 4.84 Å². The Morgan fingerprint density at radius 2 is 2.22 bits per heavy atom. The zero-order valence-corrected chi connectivity index (χ0v) is 10.9. The van der Waals surface area contributed by atoms with E-state index >= 15 is 0 Å². The van der Waals surface area contributed by atoms with E-state index in [2.05, 4.69) is 15.2 Å². The molecule has 0 radical (unpaired) electrons. The Morgan fingerprint density at radius 3 is 2.89 bits per heavy atom. The van der Waals surface area contributed by atoms with Crippen molar-refractivity contribution in [1.29, 1.82) is 0 Å². The van der Waals surface area contributed by atoms with E-state index in [9.17, 15) is 0 Å². The lowest BCUT2D eigenvalue weighted by Crippen LogP contribution is -2.22. The first-order valence-electron chi connectivity index (χ1n) is 5.53. The van der Waals surface area contributed by atoms with Crippen molar-refractivity contribution >= 4 is 11.6 Å². The van der Waals surface area contributed by atoms with Crippen molar-refractivity contribution in [2.75, 3.05) is 13.6 Å². The van der Waals surface area contributed by atoms with Gasteiger partial charge in [0.15, 0.2) is 10.9 Å². The third kappa shape index (κ3) is 2.94. The highest BCUT2D eigenvalue weighted by molar-refractivity contribution is 6.29. The molecule has 0 bridgehead atoms. The van der Waals surface area contributed by atoms with Crippen LogP contribution in [0.2, 0.25) is 5.15 Å². The highest BCUT2D eigenvalue weighted by atomic mass is 35.5. The second kappa shape index (κ2) is 5.75. The van der Waals surface area contributed by atoms with Crippen LogP contribution in [0.15, 0.2) is 30.6 Å². The van der Waals surface area contributed by atoms with Gasteiger partial charge in [-0.2, -0.15) is 0 Å². The van der Waals surface area contributed by atoms with Gasteiger partial charge >= 0.3 is 0 Å². The predicted molar refractivity (Wildman–Crippen MR) is 69.2 cm³/mol. The second-order valence-electron chi connectivity index (χ2n) is 3.66. The molecule has 0 aliphatic heterocycles. The monoisotopic (exact) mass is 264 g/mol. The highest BCUT2D eigenvalue weighted by Gasteiger charge is 2.12. The molecule has 0 spiro atoms. The van der Waals surface area contributed by atoms with Crippen LogP contribution < -0.4 is 4.84 Å². The lowest BCUT2D eigenvalue weighted by atomic mass is 10.2. The Balaban J connectivity index is 2.41. The van der Waals surface area contributed by atoms with Crippen molar-refractivity contribution in [3.63, 3.8) is 0 Å². The summed E-state index contributed by atoms with van der Waals surface area (Å²) in [7, 11) is 1.83. The molecule has 2 heterocycles. The van der Waals surface area contributed by atoms with Crippen LogP contribution in [0, 0.1) is 0 Å². The van der Waals surface area contributed by atoms with Gasteiger partial charge < -0.3 is 4.84 Å². The lowest BCUT2D eigenvalue weighted by molar-refractivity contribution is -0.0260. The number of hydroxylamine groups is 2. The fourth-order valence-corrected chi connectivity index (χ4v) is 1.49. The van der Waals surface area contributed by atoms with E-state index in [-0.39, 0.29) is 0 Å². The molecule has 94 valence electrons. The molecule has 18 heavy (non-hydrogen) atoms. The summed E-state index contributed by atoms with van der Waals surface area (Å²) in [5.41, 5.74) is 1.45. The first-order valence-corrected chi connectivity index (χ1v) is 5.91. The highest BCUT2D eigenvalue weighted by Crippen LogP contribution is 2.28. The van der Waals surface area contributed by atoms with E-state index in [4.69, 9.17) is 16.4 Å². The number of nitrogens with zero attached hydrogens (tertiary/aromatic N) is 4. The van der Waals surface area contributed by atoms with E-state index in [1.807, 2.05) is 26.1 Å². The van der Waals surface area contributed by atoms with Crippen molar-refractivity contribution in [3.05, 3.63) is 35.7 Å². The smallest absolute Gasteiger partial charge is 0.178 e. The van der Waals surface area contributed by atoms with E-state index in [1.54, 1.807) is 23.5 Å². The van der Waals surface area contributed by atoms with Crippen molar-refractivity contribution in [3.8, 4) is 17.0 Å². The molecule has 0 fully saturated rings. The zero-order chi connectivity index (χ0) is 13.0. The number of aromatic nitrogens is 3. The van der Waals surface area contributed by atoms with E-state index in [1.165, 1.54) is 0 Å². The molecular weight excluding hydrogens is 252 g/mol. The predicted octanol–water partition coefficient (Wildman–Crippen LogP) is 2.44. The van der Waals surface area contributed by atoms with E-state index in [0.717, 1.165) is 12.1 Å².